The molecule has 0 unspecified atom stereocenters. The van der Waals surface area contributed by atoms with Crippen LogP contribution < -0.4 is 5.32 Å². The molecule has 15 heavy (non-hydrogen) atoms. The van der Waals surface area contributed by atoms with E-state index in [4.69, 9.17) is 5.26 Å². The van der Waals surface area contributed by atoms with Crippen LogP contribution in [0.1, 0.15) is 36.1 Å². The molecule has 1 aliphatic carbocycles. The van der Waals surface area contributed by atoms with E-state index < -0.39 is 0 Å². The molecule has 0 atom stereocenters. The molecule has 0 bridgehead atoms. The van der Waals surface area contributed by atoms with Crippen molar-refractivity contribution in [3.63, 3.8) is 0 Å². The van der Waals surface area contributed by atoms with Gasteiger partial charge in [0.15, 0.2) is 0 Å². The van der Waals surface area contributed by atoms with Crippen LogP contribution in [0.5, 0.6) is 0 Å². The van der Waals surface area contributed by atoms with E-state index in [1.165, 1.54) is 30.6 Å². The largest absolute Gasteiger partial charge is 0.312 e. The first kappa shape index (κ1) is 10.7. The fraction of sp³-hybridized carbons (Fsp3) is 0.583. The molecule has 3 heteroatoms. The van der Waals surface area contributed by atoms with Gasteiger partial charge in [0.2, 0.25) is 0 Å². The van der Waals surface area contributed by atoms with Crippen molar-refractivity contribution < 1.29 is 0 Å². The Morgan fingerprint density at radius 2 is 2.40 bits per heavy atom. The molecule has 2 nitrogen and oxygen atoms in total. The number of nitrogens with one attached hydrogen (secondary N) is 1. The van der Waals surface area contributed by atoms with Gasteiger partial charge in [-0.3, -0.25) is 0 Å². The fourth-order valence-electron chi connectivity index (χ4n) is 1.67. The van der Waals surface area contributed by atoms with Crippen LogP contribution in [-0.2, 0) is 6.54 Å². The zero-order valence-corrected chi connectivity index (χ0v) is 9.65. The predicted octanol–water partition coefficient (Wildman–Crippen LogP) is 2.90. The van der Waals surface area contributed by atoms with Crippen LogP contribution in [0.25, 0.3) is 0 Å². The highest BCUT2D eigenvalue weighted by Gasteiger charge is 2.19. The van der Waals surface area contributed by atoms with Gasteiger partial charge in [0.1, 0.15) is 6.07 Å². The van der Waals surface area contributed by atoms with Gasteiger partial charge in [-0.15, -0.1) is 11.3 Å². The van der Waals surface area contributed by atoms with Gasteiger partial charge in [0.05, 0.1) is 5.56 Å². The van der Waals surface area contributed by atoms with Gasteiger partial charge < -0.3 is 5.32 Å². The second-order valence-corrected chi connectivity index (χ2v) is 5.17. The van der Waals surface area contributed by atoms with Crippen molar-refractivity contribution >= 4 is 11.3 Å². The molecule has 80 valence electrons. The summed E-state index contributed by atoms with van der Waals surface area (Å²) in [5.74, 6) is 1.04. The Hall–Kier alpha value is -0.850. The van der Waals surface area contributed by atoms with Crippen molar-refractivity contribution in [1.29, 1.82) is 5.26 Å². The lowest BCUT2D eigenvalue weighted by atomic mass is 10.2. The van der Waals surface area contributed by atoms with E-state index >= 15 is 0 Å². The Balaban J connectivity index is 1.58. The number of thiophene rings is 1. The average Bonchev–Trinajstić information content (AvgIpc) is 2.96. The van der Waals surface area contributed by atoms with E-state index in [1.807, 2.05) is 11.4 Å². The number of hydrogen-bond acceptors (Lipinski definition) is 3. The summed E-state index contributed by atoms with van der Waals surface area (Å²) >= 11 is 1.67. The van der Waals surface area contributed by atoms with Gasteiger partial charge in [-0.2, -0.15) is 5.26 Å². The molecule has 0 saturated heterocycles. The van der Waals surface area contributed by atoms with Gasteiger partial charge in [0, 0.05) is 16.8 Å². The van der Waals surface area contributed by atoms with E-state index in [9.17, 15) is 0 Å². The zero-order chi connectivity index (χ0) is 10.5. The Labute approximate surface area is 94.9 Å². The summed E-state index contributed by atoms with van der Waals surface area (Å²) in [6.07, 6.45) is 5.59. The summed E-state index contributed by atoms with van der Waals surface area (Å²) in [6.45, 7) is 2.02. The van der Waals surface area contributed by atoms with Gasteiger partial charge in [-0.05, 0) is 31.4 Å². The maximum atomic E-state index is 8.66. The number of nitrogens with zero attached hydrogens (tertiary/aromatic N) is 1. The molecule has 0 amide bonds. The molecule has 0 aromatic carbocycles. The van der Waals surface area contributed by atoms with Gasteiger partial charge in [-0.25, -0.2) is 0 Å². The molecule has 1 heterocycles. The minimum atomic E-state index is 0.787. The van der Waals surface area contributed by atoms with Crippen molar-refractivity contribution in [3.8, 4) is 6.07 Å². The minimum Gasteiger partial charge on any atom is -0.312 e. The van der Waals surface area contributed by atoms with Crippen LogP contribution in [0, 0.1) is 17.2 Å². The molecule has 1 aromatic rings. The predicted molar refractivity (Wildman–Crippen MR) is 62.7 cm³/mol. The maximum Gasteiger partial charge on any atom is 0.100 e. The van der Waals surface area contributed by atoms with Crippen LogP contribution >= 0.6 is 11.3 Å². The quantitative estimate of drug-likeness (QED) is 0.748. The Morgan fingerprint density at radius 3 is 3.07 bits per heavy atom. The van der Waals surface area contributed by atoms with Gasteiger partial charge in [0.25, 0.3) is 0 Å². The molecular formula is C12H16N2S. The first-order valence-electron chi connectivity index (χ1n) is 5.56. The molecule has 1 saturated carbocycles. The molecule has 1 aromatic heterocycles. The smallest absolute Gasteiger partial charge is 0.100 e. The Morgan fingerprint density at radius 1 is 1.53 bits per heavy atom. The van der Waals surface area contributed by atoms with E-state index in [0.717, 1.165) is 24.6 Å². The Bertz CT molecular complexity index is 347. The van der Waals surface area contributed by atoms with Crippen molar-refractivity contribution in [3.05, 3.63) is 21.9 Å². The van der Waals surface area contributed by atoms with E-state index in [0.29, 0.717) is 0 Å². The average molecular weight is 220 g/mol. The van der Waals surface area contributed by atoms with E-state index in [2.05, 4.69) is 11.4 Å². The summed E-state index contributed by atoms with van der Waals surface area (Å²) in [5, 5.41) is 14.0. The van der Waals surface area contributed by atoms with E-state index in [1.54, 1.807) is 11.3 Å². The van der Waals surface area contributed by atoms with Gasteiger partial charge in [-0.1, -0.05) is 12.8 Å². The third-order valence-electron chi connectivity index (χ3n) is 2.74. The highest BCUT2D eigenvalue weighted by Crippen LogP contribution is 2.33. The summed E-state index contributed by atoms with van der Waals surface area (Å²) < 4.78 is 0. The summed E-state index contributed by atoms with van der Waals surface area (Å²) in [6, 6.07) is 4.13. The maximum absolute atomic E-state index is 8.66. The lowest BCUT2D eigenvalue weighted by Crippen LogP contribution is -2.13. The standard InChI is InChI=1S/C12H16N2S/c13-7-11-6-12(15-9-11)8-14-5-1-2-10-3-4-10/h6,9-10,14H,1-5,8H2. The molecular weight excluding hydrogens is 204 g/mol. The van der Waals surface area contributed by atoms with Crippen LogP contribution in [0.15, 0.2) is 11.4 Å². The van der Waals surface area contributed by atoms with Crippen LogP contribution in [-0.4, -0.2) is 6.54 Å². The first-order valence-corrected chi connectivity index (χ1v) is 6.44. The lowest BCUT2D eigenvalue weighted by Gasteiger charge is -2.01. The van der Waals surface area contributed by atoms with Crippen molar-refractivity contribution in [2.24, 2.45) is 5.92 Å². The van der Waals surface area contributed by atoms with Crippen molar-refractivity contribution in [1.82, 2.24) is 5.32 Å². The van der Waals surface area contributed by atoms with Crippen molar-refractivity contribution in [2.45, 2.75) is 32.2 Å². The normalized spacial score (nSPS) is 15.1. The molecule has 0 radical (unpaired) electrons. The van der Waals surface area contributed by atoms with Crippen LogP contribution in [0.3, 0.4) is 0 Å². The first-order chi connectivity index (χ1) is 7.38. The number of hydrogen-bond donors (Lipinski definition) is 1. The topological polar surface area (TPSA) is 35.8 Å². The van der Waals surface area contributed by atoms with Gasteiger partial charge >= 0.3 is 0 Å². The third-order valence-corrected chi connectivity index (χ3v) is 3.68. The highest BCUT2D eigenvalue weighted by molar-refractivity contribution is 7.10. The molecule has 1 N–H and O–H groups in total. The zero-order valence-electron chi connectivity index (χ0n) is 8.83. The Kier molecular flexibility index (Phi) is 3.76. The third kappa shape index (κ3) is 3.65. The molecule has 1 fully saturated rings. The van der Waals surface area contributed by atoms with E-state index in [-0.39, 0.29) is 0 Å². The second kappa shape index (κ2) is 5.29. The molecule has 2 rings (SSSR count). The summed E-state index contributed by atoms with van der Waals surface area (Å²) in [5.41, 5.74) is 0.787. The van der Waals surface area contributed by atoms with Crippen LogP contribution in [0.2, 0.25) is 0 Å². The number of nitriles is 1. The molecule has 1 aliphatic rings. The lowest BCUT2D eigenvalue weighted by molar-refractivity contribution is 0.596. The SMILES string of the molecule is N#Cc1csc(CNCCCC2CC2)c1. The highest BCUT2D eigenvalue weighted by atomic mass is 32.1. The van der Waals surface area contributed by atoms with Crippen molar-refractivity contribution in [2.75, 3.05) is 6.54 Å². The fourth-order valence-corrected chi connectivity index (χ4v) is 2.45. The summed E-state index contributed by atoms with van der Waals surface area (Å²) in [7, 11) is 0. The molecule has 0 aliphatic heterocycles. The summed E-state index contributed by atoms with van der Waals surface area (Å²) in [4.78, 5) is 1.26. The molecule has 0 spiro atoms. The minimum absolute atomic E-state index is 0.787. The van der Waals surface area contributed by atoms with Crippen LogP contribution in [0.4, 0.5) is 0 Å². The number of rotatable bonds is 6. The second-order valence-electron chi connectivity index (χ2n) is 4.18. The monoisotopic (exact) mass is 220 g/mol.